The molecule has 1 saturated carbocycles. The van der Waals surface area contributed by atoms with Crippen LogP contribution in [0.25, 0.3) is 0 Å². The summed E-state index contributed by atoms with van der Waals surface area (Å²) < 4.78 is 11.4. The lowest BCUT2D eigenvalue weighted by Crippen LogP contribution is -2.47. The number of hydrogen-bond acceptors (Lipinski definition) is 4. The van der Waals surface area contributed by atoms with E-state index in [9.17, 15) is 4.79 Å². The van der Waals surface area contributed by atoms with E-state index < -0.39 is 0 Å². The van der Waals surface area contributed by atoms with Crippen molar-refractivity contribution in [3.05, 3.63) is 59.7 Å². The van der Waals surface area contributed by atoms with Crippen molar-refractivity contribution in [3.8, 4) is 11.5 Å². The third kappa shape index (κ3) is 3.59. The molecule has 0 radical (unpaired) electrons. The van der Waals surface area contributed by atoms with Gasteiger partial charge < -0.3 is 20.5 Å². The van der Waals surface area contributed by atoms with Gasteiger partial charge in [-0.3, -0.25) is 4.79 Å². The van der Waals surface area contributed by atoms with Gasteiger partial charge in [-0.2, -0.15) is 0 Å². The van der Waals surface area contributed by atoms with E-state index in [1.165, 1.54) is 0 Å². The maximum absolute atomic E-state index is 13.1. The zero-order valence-corrected chi connectivity index (χ0v) is 16.3. The normalized spacial score (nSPS) is 19.6. The average molecular weight is 380 g/mol. The Labute approximate surface area is 166 Å². The Morgan fingerprint density at radius 2 is 1.71 bits per heavy atom. The first kappa shape index (κ1) is 18.8. The molecule has 5 heteroatoms. The minimum Gasteiger partial charge on any atom is -0.486 e. The molecule has 4 rings (SSSR count). The van der Waals surface area contributed by atoms with Crippen LogP contribution < -0.4 is 20.5 Å². The second-order valence-corrected chi connectivity index (χ2v) is 7.86. The molecule has 2 aliphatic rings. The van der Waals surface area contributed by atoms with Gasteiger partial charge in [0, 0.05) is 6.04 Å². The van der Waals surface area contributed by atoms with Gasteiger partial charge in [-0.15, -0.1) is 0 Å². The van der Waals surface area contributed by atoms with Crippen LogP contribution in [-0.4, -0.2) is 19.1 Å². The van der Waals surface area contributed by atoms with Crippen molar-refractivity contribution in [1.29, 1.82) is 0 Å². The molecule has 1 fully saturated rings. The molecular weight excluding hydrogens is 352 g/mol. The van der Waals surface area contributed by atoms with Gasteiger partial charge in [-0.1, -0.05) is 56.2 Å². The van der Waals surface area contributed by atoms with Crippen LogP contribution in [0.3, 0.4) is 0 Å². The largest absolute Gasteiger partial charge is 0.486 e. The molecule has 28 heavy (non-hydrogen) atoms. The summed E-state index contributed by atoms with van der Waals surface area (Å²) in [5.41, 5.74) is 8.09. The highest BCUT2D eigenvalue weighted by atomic mass is 16.6. The molecule has 1 aliphatic heterocycles. The van der Waals surface area contributed by atoms with Crippen LogP contribution >= 0.6 is 0 Å². The van der Waals surface area contributed by atoms with E-state index in [0.717, 1.165) is 48.3 Å². The molecule has 2 aromatic carbocycles. The van der Waals surface area contributed by atoms with Gasteiger partial charge in [-0.25, -0.2) is 0 Å². The van der Waals surface area contributed by atoms with Crippen LogP contribution in [0.1, 0.15) is 49.8 Å². The fourth-order valence-corrected chi connectivity index (χ4v) is 4.28. The van der Waals surface area contributed by atoms with Crippen LogP contribution in [0.4, 0.5) is 0 Å². The lowest BCUT2D eigenvalue weighted by Gasteiger charge is -2.34. The fourth-order valence-electron chi connectivity index (χ4n) is 4.28. The first-order valence-corrected chi connectivity index (χ1v) is 10.1. The summed E-state index contributed by atoms with van der Waals surface area (Å²) in [5, 5.41) is 3.35. The lowest BCUT2D eigenvalue weighted by molar-refractivity contribution is -0.127. The van der Waals surface area contributed by atoms with Crippen molar-refractivity contribution < 1.29 is 14.3 Å². The van der Waals surface area contributed by atoms with Gasteiger partial charge in [0.05, 0.1) is 11.5 Å². The SMILES string of the molecule is CC(C(=O)NC1(c2ccc3c(c2)OCCO3)CCCC1)C(N)c1ccccc1. The highest BCUT2D eigenvalue weighted by Crippen LogP contribution is 2.42. The van der Waals surface area contributed by atoms with E-state index in [1.807, 2.05) is 49.4 Å². The van der Waals surface area contributed by atoms with E-state index in [1.54, 1.807) is 0 Å². The predicted octanol–water partition coefficient (Wildman–Crippen LogP) is 3.68. The minimum atomic E-state index is -0.364. The maximum Gasteiger partial charge on any atom is 0.225 e. The quantitative estimate of drug-likeness (QED) is 0.830. The van der Waals surface area contributed by atoms with Gasteiger partial charge in [0.1, 0.15) is 13.2 Å². The molecule has 2 atom stereocenters. The lowest BCUT2D eigenvalue weighted by atomic mass is 9.86. The molecule has 148 valence electrons. The number of amides is 1. The van der Waals surface area contributed by atoms with Gasteiger partial charge in [-0.05, 0) is 36.1 Å². The second-order valence-electron chi connectivity index (χ2n) is 7.86. The van der Waals surface area contributed by atoms with Crippen molar-refractivity contribution in [2.45, 2.75) is 44.2 Å². The highest BCUT2D eigenvalue weighted by Gasteiger charge is 2.39. The molecular formula is C23H28N2O3. The van der Waals surface area contributed by atoms with Gasteiger partial charge in [0.25, 0.3) is 0 Å². The maximum atomic E-state index is 13.1. The fraction of sp³-hybridized carbons (Fsp3) is 0.435. The van der Waals surface area contributed by atoms with Crippen molar-refractivity contribution >= 4 is 5.91 Å². The molecule has 1 aliphatic carbocycles. The summed E-state index contributed by atoms with van der Waals surface area (Å²) in [6, 6.07) is 15.5. The molecule has 0 bridgehead atoms. The van der Waals surface area contributed by atoms with Crippen LogP contribution in [0.2, 0.25) is 0 Å². The van der Waals surface area contributed by atoms with E-state index in [2.05, 4.69) is 11.4 Å². The van der Waals surface area contributed by atoms with E-state index in [4.69, 9.17) is 15.2 Å². The number of ether oxygens (including phenoxy) is 2. The number of nitrogens with two attached hydrogens (primary N) is 1. The summed E-state index contributed by atoms with van der Waals surface area (Å²) in [4.78, 5) is 13.1. The first-order valence-electron chi connectivity index (χ1n) is 10.1. The summed E-state index contributed by atoms with van der Waals surface area (Å²) in [5.74, 6) is 1.21. The Bertz CT molecular complexity index is 831. The Hall–Kier alpha value is -2.53. The molecule has 0 saturated heterocycles. The van der Waals surface area contributed by atoms with E-state index in [0.29, 0.717) is 13.2 Å². The topological polar surface area (TPSA) is 73.6 Å². The molecule has 0 aromatic heterocycles. The van der Waals surface area contributed by atoms with Crippen molar-refractivity contribution in [2.24, 2.45) is 11.7 Å². The molecule has 2 unspecified atom stereocenters. The molecule has 2 aromatic rings. The Balaban J connectivity index is 1.55. The third-order valence-electron chi connectivity index (χ3n) is 6.05. The van der Waals surface area contributed by atoms with Crippen LogP contribution in [-0.2, 0) is 10.3 Å². The molecule has 1 amide bonds. The van der Waals surface area contributed by atoms with Gasteiger partial charge in [0.2, 0.25) is 5.91 Å². The number of benzene rings is 2. The standard InChI is InChI=1S/C23H28N2O3/c1-16(21(24)17-7-3-2-4-8-17)22(26)25-23(11-5-6-12-23)18-9-10-19-20(15-18)28-14-13-27-19/h2-4,7-10,15-16,21H,5-6,11-14,24H2,1H3,(H,25,26). The number of hydrogen-bond donors (Lipinski definition) is 2. The summed E-state index contributed by atoms with van der Waals surface area (Å²) >= 11 is 0. The highest BCUT2D eigenvalue weighted by molar-refractivity contribution is 5.80. The Morgan fingerprint density at radius 3 is 2.43 bits per heavy atom. The van der Waals surface area contributed by atoms with Gasteiger partial charge >= 0.3 is 0 Å². The van der Waals surface area contributed by atoms with Crippen molar-refractivity contribution in [1.82, 2.24) is 5.32 Å². The monoisotopic (exact) mass is 380 g/mol. The molecule has 0 spiro atoms. The zero-order chi connectivity index (χ0) is 19.6. The zero-order valence-electron chi connectivity index (χ0n) is 16.3. The summed E-state index contributed by atoms with van der Waals surface area (Å²) in [7, 11) is 0. The van der Waals surface area contributed by atoms with Crippen molar-refractivity contribution in [2.75, 3.05) is 13.2 Å². The number of rotatable bonds is 5. The van der Waals surface area contributed by atoms with Crippen LogP contribution in [0, 0.1) is 5.92 Å². The number of nitrogens with one attached hydrogen (secondary N) is 1. The summed E-state index contributed by atoms with van der Waals surface area (Å²) in [6.45, 7) is 3.03. The number of carbonyl (C=O) groups is 1. The first-order chi connectivity index (χ1) is 13.6. The molecule has 3 N–H and O–H groups in total. The Morgan fingerprint density at radius 1 is 1.04 bits per heavy atom. The van der Waals surface area contributed by atoms with E-state index in [-0.39, 0.29) is 23.4 Å². The molecule has 1 heterocycles. The smallest absolute Gasteiger partial charge is 0.225 e. The van der Waals surface area contributed by atoms with Gasteiger partial charge in [0.15, 0.2) is 11.5 Å². The van der Waals surface area contributed by atoms with Crippen LogP contribution in [0.5, 0.6) is 11.5 Å². The summed E-state index contributed by atoms with van der Waals surface area (Å²) in [6.07, 6.45) is 4.03. The average Bonchev–Trinajstić information content (AvgIpc) is 3.22. The van der Waals surface area contributed by atoms with Crippen LogP contribution in [0.15, 0.2) is 48.5 Å². The van der Waals surface area contributed by atoms with E-state index >= 15 is 0 Å². The predicted molar refractivity (Wildman–Crippen MR) is 108 cm³/mol. The third-order valence-corrected chi connectivity index (χ3v) is 6.05. The molecule has 5 nitrogen and oxygen atoms in total. The minimum absolute atomic E-state index is 0.00635. The number of fused-ring (bicyclic) bond motifs is 1. The Kier molecular flexibility index (Phi) is 5.27. The second kappa shape index (κ2) is 7.84. The number of carbonyl (C=O) groups excluding carboxylic acids is 1. The van der Waals surface area contributed by atoms with Crippen molar-refractivity contribution in [3.63, 3.8) is 0 Å².